The van der Waals surface area contributed by atoms with Crippen LogP contribution in [0.3, 0.4) is 0 Å². The second kappa shape index (κ2) is 8.86. The summed E-state index contributed by atoms with van der Waals surface area (Å²) in [4.78, 5) is 15.2. The predicted molar refractivity (Wildman–Crippen MR) is 103 cm³/mol. The number of nitrogens with one attached hydrogen (secondary N) is 1. The van der Waals surface area contributed by atoms with E-state index in [0.717, 1.165) is 11.1 Å². The van der Waals surface area contributed by atoms with Crippen LogP contribution in [-0.2, 0) is 10.2 Å². The summed E-state index contributed by atoms with van der Waals surface area (Å²) < 4.78 is 0. The Kier molecular flexibility index (Phi) is 7.46. The second-order valence-corrected chi connectivity index (χ2v) is 6.23. The van der Waals surface area contributed by atoms with Crippen molar-refractivity contribution in [3.05, 3.63) is 71.8 Å². The summed E-state index contributed by atoms with van der Waals surface area (Å²) in [6.07, 6.45) is 0.716. The standard InChI is InChI=1S/C20H26N2O.ClH/c1-16(22(3)4)15-20(19(23)21-2,17-11-7-5-8-12-17)18-13-9-6-10-14-18;/h5-14,16H,15H2,1-4H3,(H,21,23);1H. The van der Waals surface area contributed by atoms with E-state index in [9.17, 15) is 4.79 Å². The molecule has 3 nitrogen and oxygen atoms in total. The van der Waals surface area contributed by atoms with Gasteiger partial charge in [0, 0.05) is 13.1 Å². The maximum absolute atomic E-state index is 13.1. The molecular formula is C20H27ClN2O. The van der Waals surface area contributed by atoms with Crippen LogP contribution in [0, 0.1) is 0 Å². The summed E-state index contributed by atoms with van der Waals surface area (Å²) in [6.45, 7) is 2.16. The molecule has 0 aromatic heterocycles. The number of benzene rings is 2. The molecule has 0 saturated carbocycles. The van der Waals surface area contributed by atoms with Gasteiger partial charge in [-0.3, -0.25) is 4.79 Å². The van der Waals surface area contributed by atoms with Crippen molar-refractivity contribution in [2.75, 3.05) is 21.1 Å². The number of halogens is 1. The molecule has 0 saturated heterocycles. The first-order valence-corrected chi connectivity index (χ1v) is 8.02. The van der Waals surface area contributed by atoms with Gasteiger partial charge in [0.05, 0.1) is 0 Å². The molecule has 0 radical (unpaired) electrons. The van der Waals surface area contributed by atoms with E-state index in [1.54, 1.807) is 7.05 Å². The number of nitrogens with zero attached hydrogens (tertiary/aromatic N) is 1. The molecular weight excluding hydrogens is 320 g/mol. The molecule has 4 heteroatoms. The number of amides is 1. The molecule has 0 aliphatic carbocycles. The molecule has 2 aromatic rings. The Labute approximate surface area is 151 Å². The van der Waals surface area contributed by atoms with Crippen molar-refractivity contribution in [3.8, 4) is 0 Å². The summed E-state index contributed by atoms with van der Waals surface area (Å²) in [5.41, 5.74) is 1.36. The minimum absolute atomic E-state index is 0. The van der Waals surface area contributed by atoms with Crippen molar-refractivity contribution >= 4 is 18.3 Å². The average Bonchev–Trinajstić information content (AvgIpc) is 2.60. The number of carbonyl (C=O) groups is 1. The van der Waals surface area contributed by atoms with Crippen LogP contribution >= 0.6 is 12.4 Å². The molecule has 0 aliphatic rings. The minimum Gasteiger partial charge on any atom is -0.358 e. The number of hydrogen-bond acceptors (Lipinski definition) is 2. The third-order valence-corrected chi connectivity index (χ3v) is 4.63. The Morgan fingerprint density at radius 3 is 1.75 bits per heavy atom. The zero-order chi connectivity index (χ0) is 16.9. The summed E-state index contributed by atoms with van der Waals surface area (Å²) in [5, 5.41) is 2.89. The molecule has 2 rings (SSSR count). The molecule has 1 unspecified atom stereocenters. The molecule has 0 spiro atoms. The Morgan fingerprint density at radius 1 is 1.00 bits per heavy atom. The molecule has 130 valence electrons. The first-order chi connectivity index (χ1) is 11.0. The van der Waals surface area contributed by atoms with E-state index < -0.39 is 5.41 Å². The van der Waals surface area contributed by atoms with Crippen LogP contribution in [0.5, 0.6) is 0 Å². The first kappa shape index (κ1) is 20.2. The van der Waals surface area contributed by atoms with Crippen molar-refractivity contribution in [1.29, 1.82) is 0 Å². The third-order valence-electron chi connectivity index (χ3n) is 4.63. The minimum atomic E-state index is -0.693. The van der Waals surface area contributed by atoms with E-state index in [4.69, 9.17) is 0 Å². The van der Waals surface area contributed by atoms with E-state index in [-0.39, 0.29) is 24.4 Å². The molecule has 1 N–H and O–H groups in total. The van der Waals surface area contributed by atoms with Gasteiger partial charge in [0.2, 0.25) is 5.91 Å². The molecule has 24 heavy (non-hydrogen) atoms. The van der Waals surface area contributed by atoms with E-state index in [1.165, 1.54) is 0 Å². The monoisotopic (exact) mass is 346 g/mol. The van der Waals surface area contributed by atoms with Crippen LogP contribution < -0.4 is 5.32 Å². The lowest BCUT2D eigenvalue weighted by molar-refractivity contribution is -0.125. The fourth-order valence-electron chi connectivity index (χ4n) is 3.04. The van der Waals surface area contributed by atoms with Crippen molar-refractivity contribution in [2.45, 2.75) is 24.8 Å². The Hall–Kier alpha value is -1.84. The second-order valence-electron chi connectivity index (χ2n) is 6.23. The fraction of sp³-hybridized carbons (Fsp3) is 0.350. The van der Waals surface area contributed by atoms with Crippen LogP contribution in [0.15, 0.2) is 60.7 Å². The lowest BCUT2D eigenvalue weighted by atomic mass is 9.69. The number of likely N-dealkylation sites (N-methyl/N-ethyl adjacent to an activating group) is 1. The normalized spacial score (nSPS) is 12.4. The van der Waals surface area contributed by atoms with Gasteiger partial charge in [0.25, 0.3) is 0 Å². The lowest BCUT2D eigenvalue weighted by Gasteiger charge is -2.37. The molecule has 0 heterocycles. The fourth-order valence-corrected chi connectivity index (χ4v) is 3.04. The van der Waals surface area contributed by atoms with E-state index >= 15 is 0 Å². The highest BCUT2D eigenvalue weighted by molar-refractivity contribution is 5.92. The number of carbonyl (C=O) groups excluding carboxylic acids is 1. The maximum Gasteiger partial charge on any atom is 0.234 e. The Balaban J connectivity index is 0.00000288. The van der Waals surface area contributed by atoms with Gasteiger partial charge in [-0.05, 0) is 38.6 Å². The van der Waals surface area contributed by atoms with Gasteiger partial charge in [0.1, 0.15) is 5.41 Å². The Bertz CT molecular complexity index is 589. The van der Waals surface area contributed by atoms with Gasteiger partial charge >= 0.3 is 0 Å². The van der Waals surface area contributed by atoms with Gasteiger partial charge in [-0.25, -0.2) is 0 Å². The van der Waals surface area contributed by atoms with E-state index in [2.05, 4.69) is 31.2 Å². The number of hydrogen-bond donors (Lipinski definition) is 1. The molecule has 1 atom stereocenters. The quantitative estimate of drug-likeness (QED) is 0.868. The van der Waals surface area contributed by atoms with Crippen LogP contribution in [0.1, 0.15) is 24.5 Å². The van der Waals surface area contributed by atoms with Crippen LogP contribution in [-0.4, -0.2) is 38.0 Å². The average molecular weight is 347 g/mol. The van der Waals surface area contributed by atoms with E-state index in [1.807, 2.05) is 60.7 Å². The Morgan fingerprint density at radius 2 is 1.42 bits per heavy atom. The smallest absolute Gasteiger partial charge is 0.234 e. The SMILES string of the molecule is CNC(=O)C(CC(C)N(C)C)(c1ccccc1)c1ccccc1.Cl. The van der Waals surface area contributed by atoms with Gasteiger partial charge < -0.3 is 10.2 Å². The molecule has 1 amide bonds. The zero-order valence-electron chi connectivity index (χ0n) is 14.8. The third kappa shape index (κ3) is 3.97. The van der Waals surface area contributed by atoms with Gasteiger partial charge in [0.15, 0.2) is 0 Å². The highest BCUT2D eigenvalue weighted by Crippen LogP contribution is 2.37. The van der Waals surface area contributed by atoms with Crippen molar-refractivity contribution in [1.82, 2.24) is 10.2 Å². The summed E-state index contributed by atoms with van der Waals surface area (Å²) in [6, 6.07) is 20.4. The highest BCUT2D eigenvalue weighted by atomic mass is 35.5. The molecule has 0 fully saturated rings. The first-order valence-electron chi connectivity index (χ1n) is 8.02. The molecule has 0 bridgehead atoms. The molecule has 2 aromatic carbocycles. The maximum atomic E-state index is 13.1. The number of rotatable bonds is 6. The van der Waals surface area contributed by atoms with Gasteiger partial charge in [-0.2, -0.15) is 0 Å². The van der Waals surface area contributed by atoms with Crippen LogP contribution in [0.2, 0.25) is 0 Å². The van der Waals surface area contributed by atoms with Crippen molar-refractivity contribution in [3.63, 3.8) is 0 Å². The zero-order valence-corrected chi connectivity index (χ0v) is 15.6. The van der Waals surface area contributed by atoms with Crippen molar-refractivity contribution in [2.24, 2.45) is 0 Å². The van der Waals surface area contributed by atoms with Gasteiger partial charge in [-0.1, -0.05) is 60.7 Å². The predicted octanol–water partition coefficient (Wildman–Crippen LogP) is 3.48. The van der Waals surface area contributed by atoms with Gasteiger partial charge in [-0.15, -0.1) is 12.4 Å². The molecule has 0 aliphatic heterocycles. The largest absolute Gasteiger partial charge is 0.358 e. The summed E-state index contributed by atoms with van der Waals surface area (Å²) in [7, 11) is 5.81. The van der Waals surface area contributed by atoms with Crippen LogP contribution in [0.4, 0.5) is 0 Å². The topological polar surface area (TPSA) is 32.3 Å². The summed E-state index contributed by atoms with van der Waals surface area (Å²) >= 11 is 0. The highest BCUT2D eigenvalue weighted by Gasteiger charge is 2.42. The van der Waals surface area contributed by atoms with Crippen LogP contribution in [0.25, 0.3) is 0 Å². The summed E-state index contributed by atoms with van der Waals surface area (Å²) in [5.74, 6) is 0.0311. The lowest BCUT2D eigenvalue weighted by Crippen LogP contribution is -2.47. The van der Waals surface area contributed by atoms with E-state index in [0.29, 0.717) is 6.42 Å². The van der Waals surface area contributed by atoms with Crippen molar-refractivity contribution < 1.29 is 4.79 Å².